The highest BCUT2D eigenvalue weighted by atomic mass is 32.1. The number of thiazole rings is 1. The molecule has 3 rings (SSSR count). The summed E-state index contributed by atoms with van der Waals surface area (Å²) in [4.78, 5) is 29.9. The van der Waals surface area contributed by atoms with E-state index in [0.29, 0.717) is 0 Å². The Morgan fingerprint density at radius 1 is 1.27 bits per heavy atom. The molecule has 6 nitrogen and oxygen atoms in total. The standard InChI is InChI=1S/C19H21N3O3S/c1-3-13-4-6-14(7-5-13)16-11-22-15(12-26-19(22)20-16)10-17(23)21(2)9-8-18(24)25/h4-7,11-12H,3,8-10H2,1-2H3,(H,24,25). The molecule has 26 heavy (non-hydrogen) atoms. The number of hydrogen-bond donors (Lipinski definition) is 1. The Labute approximate surface area is 155 Å². The van der Waals surface area contributed by atoms with Crippen molar-refractivity contribution in [1.29, 1.82) is 0 Å². The molecule has 3 aromatic rings. The highest BCUT2D eigenvalue weighted by Crippen LogP contribution is 2.24. The van der Waals surface area contributed by atoms with Crippen molar-refractivity contribution in [3.63, 3.8) is 0 Å². The van der Waals surface area contributed by atoms with Crippen molar-refractivity contribution >= 4 is 28.2 Å². The number of aromatic nitrogens is 2. The molecule has 0 radical (unpaired) electrons. The maximum atomic E-state index is 12.3. The van der Waals surface area contributed by atoms with Crippen LogP contribution in [0.2, 0.25) is 0 Å². The van der Waals surface area contributed by atoms with Crippen LogP contribution in [0.1, 0.15) is 24.6 Å². The van der Waals surface area contributed by atoms with Crippen molar-refractivity contribution in [2.24, 2.45) is 0 Å². The Morgan fingerprint density at radius 3 is 2.65 bits per heavy atom. The Hall–Kier alpha value is -2.67. The number of imidazole rings is 1. The fourth-order valence-corrected chi connectivity index (χ4v) is 3.56. The third-order valence-electron chi connectivity index (χ3n) is 4.36. The molecule has 0 atom stereocenters. The van der Waals surface area contributed by atoms with Gasteiger partial charge in [0.2, 0.25) is 5.91 Å². The number of carbonyl (C=O) groups is 2. The quantitative estimate of drug-likeness (QED) is 0.692. The monoisotopic (exact) mass is 371 g/mol. The van der Waals surface area contributed by atoms with Crippen LogP contribution in [-0.2, 0) is 22.4 Å². The van der Waals surface area contributed by atoms with Gasteiger partial charge in [0.15, 0.2) is 4.96 Å². The summed E-state index contributed by atoms with van der Waals surface area (Å²) >= 11 is 1.50. The topological polar surface area (TPSA) is 74.9 Å². The van der Waals surface area contributed by atoms with E-state index < -0.39 is 5.97 Å². The summed E-state index contributed by atoms with van der Waals surface area (Å²) in [7, 11) is 1.63. The fourth-order valence-electron chi connectivity index (χ4n) is 2.68. The second kappa shape index (κ2) is 7.70. The van der Waals surface area contributed by atoms with E-state index in [1.807, 2.05) is 16.0 Å². The summed E-state index contributed by atoms with van der Waals surface area (Å²) in [6, 6.07) is 8.33. The first-order valence-corrected chi connectivity index (χ1v) is 9.36. The molecule has 0 fully saturated rings. The first-order chi connectivity index (χ1) is 12.5. The number of rotatable bonds is 7. The van der Waals surface area contributed by atoms with E-state index in [0.717, 1.165) is 28.3 Å². The van der Waals surface area contributed by atoms with Gasteiger partial charge in [0.1, 0.15) is 0 Å². The van der Waals surface area contributed by atoms with E-state index in [1.165, 1.54) is 21.8 Å². The van der Waals surface area contributed by atoms with Gasteiger partial charge in [-0.3, -0.25) is 14.0 Å². The number of hydrogen-bond acceptors (Lipinski definition) is 4. The molecule has 136 valence electrons. The molecular formula is C19H21N3O3S. The van der Waals surface area contributed by atoms with E-state index in [2.05, 4.69) is 36.2 Å². The highest BCUT2D eigenvalue weighted by molar-refractivity contribution is 7.15. The van der Waals surface area contributed by atoms with Crippen molar-refractivity contribution in [3.05, 3.63) is 47.1 Å². The van der Waals surface area contributed by atoms with E-state index in [9.17, 15) is 9.59 Å². The number of likely N-dealkylation sites (N-methyl/N-ethyl adjacent to an activating group) is 1. The molecule has 7 heteroatoms. The van der Waals surface area contributed by atoms with Gasteiger partial charge in [0.25, 0.3) is 0 Å². The van der Waals surface area contributed by atoms with Gasteiger partial charge in [-0.1, -0.05) is 31.2 Å². The van der Waals surface area contributed by atoms with Crippen LogP contribution in [0.5, 0.6) is 0 Å². The van der Waals surface area contributed by atoms with Gasteiger partial charge in [-0.05, 0) is 12.0 Å². The first kappa shape index (κ1) is 18.1. The van der Waals surface area contributed by atoms with Crippen LogP contribution in [0.3, 0.4) is 0 Å². The zero-order valence-corrected chi connectivity index (χ0v) is 15.6. The second-order valence-corrected chi connectivity index (χ2v) is 7.03. The molecule has 0 aliphatic rings. The summed E-state index contributed by atoms with van der Waals surface area (Å²) in [6.07, 6.45) is 3.12. The maximum absolute atomic E-state index is 12.3. The van der Waals surface area contributed by atoms with Crippen LogP contribution in [0.25, 0.3) is 16.2 Å². The zero-order valence-electron chi connectivity index (χ0n) is 14.8. The molecule has 1 amide bonds. The summed E-state index contributed by atoms with van der Waals surface area (Å²) < 4.78 is 1.94. The van der Waals surface area contributed by atoms with Crippen molar-refractivity contribution in [1.82, 2.24) is 14.3 Å². The second-order valence-electron chi connectivity index (χ2n) is 6.19. The minimum absolute atomic E-state index is 0.0513. The Bertz CT molecular complexity index is 927. The fraction of sp³-hybridized carbons (Fsp3) is 0.316. The predicted molar refractivity (Wildman–Crippen MR) is 101 cm³/mol. The van der Waals surface area contributed by atoms with Crippen LogP contribution in [0.15, 0.2) is 35.8 Å². The molecule has 0 aliphatic heterocycles. The number of carboxylic acids is 1. The van der Waals surface area contributed by atoms with Gasteiger partial charge in [-0.2, -0.15) is 0 Å². The Morgan fingerprint density at radius 2 is 2.00 bits per heavy atom. The third-order valence-corrected chi connectivity index (χ3v) is 5.25. The maximum Gasteiger partial charge on any atom is 0.305 e. The lowest BCUT2D eigenvalue weighted by atomic mass is 10.1. The van der Waals surface area contributed by atoms with Crippen molar-refractivity contribution in [3.8, 4) is 11.3 Å². The Kier molecular flexibility index (Phi) is 5.37. The normalized spacial score (nSPS) is 11.0. The van der Waals surface area contributed by atoms with Gasteiger partial charge in [0, 0.05) is 36.4 Å². The summed E-state index contributed by atoms with van der Waals surface area (Å²) in [5.41, 5.74) is 4.08. The number of nitrogens with zero attached hydrogens (tertiary/aromatic N) is 3. The molecule has 1 N–H and O–H groups in total. The molecule has 1 aromatic carbocycles. The number of aliphatic carboxylic acids is 1. The smallest absolute Gasteiger partial charge is 0.305 e. The minimum Gasteiger partial charge on any atom is -0.481 e. The van der Waals surface area contributed by atoms with Gasteiger partial charge >= 0.3 is 5.97 Å². The summed E-state index contributed by atoms with van der Waals surface area (Å²) in [5, 5.41) is 10.7. The number of carbonyl (C=O) groups excluding carboxylic acids is 1. The third kappa shape index (κ3) is 3.94. The average molecular weight is 371 g/mol. The van der Waals surface area contributed by atoms with E-state index in [4.69, 9.17) is 5.11 Å². The van der Waals surface area contributed by atoms with Gasteiger partial charge < -0.3 is 10.0 Å². The molecule has 0 saturated heterocycles. The van der Waals surface area contributed by atoms with Crippen molar-refractivity contribution < 1.29 is 14.7 Å². The molecule has 0 aliphatic carbocycles. The Balaban J connectivity index is 1.76. The minimum atomic E-state index is -0.907. The molecule has 0 unspecified atom stereocenters. The van der Waals surface area contributed by atoms with E-state index in [-0.39, 0.29) is 25.3 Å². The lowest BCUT2D eigenvalue weighted by Crippen LogP contribution is -2.30. The number of fused-ring (bicyclic) bond motifs is 1. The summed E-state index contributed by atoms with van der Waals surface area (Å²) in [6.45, 7) is 2.33. The molecule has 0 bridgehead atoms. The van der Waals surface area contributed by atoms with Crippen molar-refractivity contribution in [2.45, 2.75) is 26.2 Å². The van der Waals surface area contributed by atoms with Crippen LogP contribution >= 0.6 is 11.3 Å². The lowest BCUT2D eigenvalue weighted by molar-refractivity contribution is -0.138. The van der Waals surface area contributed by atoms with Crippen LogP contribution in [0, 0.1) is 0 Å². The van der Waals surface area contributed by atoms with E-state index in [1.54, 1.807) is 7.05 Å². The van der Waals surface area contributed by atoms with Crippen LogP contribution < -0.4 is 0 Å². The molecule has 0 spiro atoms. The number of benzene rings is 1. The molecule has 0 saturated carbocycles. The molecular weight excluding hydrogens is 350 g/mol. The van der Waals surface area contributed by atoms with Gasteiger partial charge in [0.05, 0.1) is 18.5 Å². The predicted octanol–water partition coefficient (Wildman–Crippen LogP) is 3.10. The first-order valence-electron chi connectivity index (χ1n) is 8.48. The number of amides is 1. The van der Waals surface area contributed by atoms with Crippen LogP contribution in [0.4, 0.5) is 0 Å². The molecule has 2 heterocycles. The van der Waals surface area contributed by atoms with Gasteiger partial charge in [-0.15, -0.1) is 11.3 Å². The summed E-state index contributed by atoms with van der Waals surface area (Å²) in [5.74, 6) is -1.01. The van der Waals surface area contributed by atoms with Crippen LogP contribution in [-0.4, -0.2) is 44.9 Å². The average Bonchev–Trinajstić information content (AvgIpc) is 3.21. The SMILES string of the molecule is CCc1ccc(-c2cn3c(CC(=O)N(C)CCC(=O)O)csc3n2)cc1. The highest BCUT2D eigenvalue weighted by Gasteiger charge is 2.15. The van der Waals surface area contributed by atoms with E-state index >= 15 is 0 Å². The largest absolute Gasteiger partial charge is 0.481 e. The van der Waals surface area contributed by atoms with Crippen molar-refractivity contribution in [2.75, 3.05) is 13.6 Å². The number of aryl methyl sites for hydroxylation is 1. The lowest BCUT2D eigenvalue weighted by Gasteiger charge is -2.15. The zero-order chi connectivity index (χ0) is 18.7. The number of carboxylic acid groups (broad SMARTS) is 1. The van der Waals surface area contributed by atoms with Gasteiger partial charge in [-0.25, -0.2) is 4.98 Å². The molecule has 2 aromatic heterocycles.